The molecule has 1 aromatic carbocycles. The fourth-order valence-corrected chi connectivity index (χ4v) is 3.01. The molecule has 1 aromatic rings. The highest BCUT2D eigenvalue weighted by Crippen LogP contribution is 2.27. The van der Waals surface area contributed by atoms with Gasteiger partial charge in [0.05, 0.1) is 0 Å². The number of hydrogen-bond donors (Lipinski definition) is 1. The minimum Gasteiger partial charge on any atom is -0.370 e. The second-order valence-corrected chi connectivity index (χ2v) is 5.75. The molecule has 0 aliphatic carbocycles. The maximum absolute atomic E-state index is 13.5. The van der Waals surface area contributed by atoms with Crippen molar-refractivity contribution in [1.29, 1.82) is 0 Å². The molecule has 0 radical (unpaired) electrons. The van der Waals surface area contributed by atoms with Crippen LogP contribution in [-0.4, -0.2) is 25.2 Å². The summed E-state index contributed by atoms with van der Waals surface area (Å²) in [4.78, 5) is 2.25. The molecule has 0 saturated carbocycles. The first-order valence-electron chi connectivity index (χ1n) is 7.04. The van der Waals surface area contributed by atoms with Gasteiger partial charge in [-0.1, -0.05) is 25.4 Å². The third kappa shape index (κ3) is 3.40. The lowest BCUT2D eigenvalue weighted by Crippen LogP contribution is -2.50. The smallest absolute Gasteiger partial charge is 0.126 e. The quantitative estimate of drug-likeness (QED) is 0.907. The molecule has 2 rings (SSSR count). The summed E-state index contributed by atoms with van der Waals surface area (Å²) < 4.78 is 13.5. The van der Waals surface area contributed by atoms with Crippen molar-refractivity contribution in [2.45, 2.75) is 38.6 Å². The molecule has 19 heavy (non-hydrogen) atoms. The molecule has 1 aliphatic rings. The lowest BCUT2D eigenvalue weighted by molar-refractivity contribution is 0.321. The summed E-state index contributed by atoms with van der Waals surface area (Å²) >= 11 is 5.97. The molecule has 2 nitrogen and oxygen atoms in total. The SMILES string of the molecule is CCC1(CC)CN(c2cc(F)cc(Cl)c2)CCCN1. The van der Waals surface area contributed by atoms with E-state index in [0.29, 0.717) is 5.02 Å². The van der Waals surface area contributed by atoms with Crippen LogP contribution >= 0.6 is 11.6 Å². The predicted molar refractivity (Wildman–Crippen MR) is 79.6 cm³/mol. The van der Waals surface area contributed by atoms with Gasteiger partial charge in [0.1, 0.15) is 5.82 Å². The van der Waals surface area contributed by atoms with Crippen LogP contribution in [0.2, 0.25) is 5.02 Å². The molecule has 106 valence electrons. The molecule has 0 aromatic heterocycles. The van der Waals surface area contributed by atoms with Gasteiger partial charge in [0.2, 0.25) is 0 Å². The molecular formula is C15H22ClFN2. The zero-order chi connectivity index (χ0) is 13.9. The van der Waals surface area contributed by atoms with Crippen molar-refractivity contribution in [3.05, 3.63) is 29.0 Å². The minimum absolute atomic E-state index is 0.120. The monoisotopic (exact) mass is 284 g/mol. The average Bonchev–Trinajstić information content (AvgIpc) is 2.61. The molecule has 1 heterocycles. The average molecular weight is 285 g/mol. The first-order chi connectivity index (χ1) is 9.08. The Balaban J connectivity index is 2.27. The van der Waals surface area contributed by atoms with Crippen LogP contribution in [0, 0.1) is 5.82 Å². The number of halogens is 2. The van der Waals surface area contributed by atoms with Crippen LogP contribution in [0.4, 0.5) is 10.1 Å². The zero-order valence-corrected chi connectivity index (χ0v) is 12.4. The Kier molecular flexibility index (Phi) is 4.69. The Bertz CT molecular complexity index is 412. The summed E-state index contributed by atoms with van der Waals surface area (Å²) in [6.07, 6.45) is 3.21. The molecule has 0 unspecified atom stereocenters. The first kappa shape index (κ1) is 14.6. The van der Waals surface area contributed by atoms with Crippen molar-refractivity contribution in [2.75, 3.05) is 24.5 Å². The second kappa shape index (κ2) is 6.10. The lowest BCUT2D eigenvalue weighted by Gasteiger charge is -2.36. The van der Waals surface area contributed by atoms with Gasteiger partial charge in [-0.05, 0) is 44.0 Å². The molecule has 0 bridgehead atoms. The molecule has 1 aliphatic heterocycles. The van der Waals surface area contributed by atoms with E-state index in [1.807, 2.05) is 6.07 Å². The maximum atomic E-state index is 13.5. The van der Waals surface area contributed by atoms with E-state index in [1.165, 1.54) is 6.07 Å². The zero-order valence-electron chi connectivity index (χ0n) is 11.7. The van der Waals surface area contributed by atoms with Crippen LogP contribution in [-0.2, 0) is 0 Å². The number of benzene rings is 1. The number of nitrogens with zero attached hydrogens (tertiary/aromatic N) is 1. The Labute approximate surface area is 119 Å². The van der Waals surface area contributed by atoms with Crippen LogP contribution in [0.1, 0.15) is 33.1 Å². The molecule has 1 N–H and O–H groups in total. The van der Waals surface area contributed by atoms with Crippen LogP contribution in [0.15, 0.2) is 18.2 Å². The topological polar surface area (TPSA) is 15.3 Å². The summed E-state index contributed by atoms with van der Waals surface area (Å²) in [5, 5.41) is 4.12. The largest absolute Gasteiger partial charge is 0.370 e. The number of rotatable bonds is 3. The van der Waals surface area contributed by atoms with Crippen LogP contribution in [0.3, 0.4) is 0 Å². The fourth-order valence-electron chi connectivity index (χ4n) is 2.79. The number of hydrogen-bond acceptors (Lipinski definition) is 2. The second-order valence-electron chi connectivity index (χ2n) is 5.32. The van der Waals surface area contributed by atoms with Gasteiger partial charge >= 0.3 is 0 Å². The highest BCUT2D eigenvalue weighted by Gasteiger charge is 2.30. The molecule has 0 atom stereocenters. The van der Waals surface area contributed by atoms with E-state index in [1.54, 1.807) is 6.07 Å². The fraction of sp³-hybridized carbons (Fsp3) is 0.600. The van der Waals surface area contributed by atoms with E-state index in [0.717, 1.165) is 44.6 Å². The lowest BCUT2D eigenvalue weighted by atomic mass is 9.92. The Morgan fingerprint density at radius 3 is 2.68 bits per heavy atom. The predicted octanol–water partition coefficient (Wildman–Crippen LogP) is 3.84. The van der Waals surface area contributed by atoms with Gasteiger partial charge in [-0.3, -0.25) is 0 Å². The van der Waals surface area contributed by atoms with Gasteiger partial charge in [-0.2, -0.15) is 0 Å². The van der Waals surface area contributed by atoms with E-state index in [9.17, 15) is 4.39 Å². The maximum Gasteiger partial charge on any atom is 0.126 e. The summed E-state index contributed by atoms with van der Waals surface area (Å²) in [5.41, 5.74) is 1.01. The van der Waals surface area contributed by atoms with Gasteiger partial charge < -0.3 is 10.2 Å². The van der Waals surface area contributed by atoms with Crippen LogP contribution < -0.4 is 10.2 Å². The highest BCUT2D eigenvalue weighted by molar-refractivity contribution is 6.30. The van der Waals surface area contributed by atoms with E-state index in [2.05, 4.69) is 24.1 Å². The normalized spacial score (nSPS) is 19.3. The molecule has 1 saturated heterocycles. The number of anilines is 1. The summed E-state index contributed by atoms with van der Waals surface area (Å²) in [6.45, 7) is 7.27. The van der Waals surface area contributed by atoms with Gasteiger partial charge in [0, 0.05) is 29.3 Å². The van der Waals surface area contributed by atoms with Crippen molar-refractivity contribution >= 4 is 17.3 Å². The van der Waals surface area contributed by atoms with Gasteiger partial charge in [0.25, 0.3) is 0 Å². The molecular weight excluding hydrogens is 263 g/mol. The van der Waals surface area contributed by atoms with Gasteiger partial charge in [-0.15, -0.1) is 0 Å². The van der Waals surface area contributed by atoms with Crippen LogP contribution in [0.5, 0.6) is 0 Å². The standard InChI is InChI=1S/C15H22ClFN2/c1-3-15(4-2)11-19(7-5-6-18-15)14-9-12(16)8-13(17)10-14/h8-10,18H,3-7,11H2,1-2H3. The van der Waals surface area contributed by atoms with Crippen molar-refractivity contribution in [2.24, 2.45) is 0 Å². The molecule has 0 spiro atoms. The summed E-state index contributed by atoms with van der Waals surface area (Å²) in [7, 11) is 0. The molecule has 1 fully saturated rings. The van der Waals surface area contributed by atoms with Crippen LogP contribution in [0.25, 0.3) is 0 Å². The minimum atomic E-state index is -0.265. The molecule has 4 heteroatoms. The van der Waals surface area contributed by atoms with E-state index in [-0.39, 0.29) is 11.4 Å². The van der Waals surface area contributed by atoms with Crippen molar-refractivity contribution in [3.63, 3.8) is 0 Å². The van der Waals surface area contributed by atoms with Crippen molar-refractivity contribution < 1.29 is 4.39 Å². The Hall–Kier alpha value is -0.800. The third-order valence-corrected chi connectivity index (χ3v) is 4.38. The Morgan fingerprint density at radius 2 is 2.05 bits per heavy atom. The van der Waals surface area contributed by atoms with E-state index < -0.39 is 0 Å². The summed E-state index contributed by atoms with van der Waals surface area (Å²) in [5.74, 6) is -0.265. The summed E-state index contributed by atoms with van der Waals surface area (Å²) in [6, 6.07) is 4.79. The van der Waals surface area contributed by atoms with Gasteiger partial charge in [0.15, 0.2) is 0 Å². The Morgan fingerprint density at radius 1 is 1.32 bits per heavy atom. The highest BCUT2D eigenvalue weighted by atomic mass is 35.5. The van der Waals surface area contributed by atoms with E-state index >= 15 is 0 Å². The van der Waals surface area contributed by atoms with Gasteiger partial charge in [-0.25, -0.2) is 4.39 Å². The third-order valence-electron chi connectivity index (χ3n) is 4.16. The van der Waals surface area contributed by atoms with Crippen molar-refractivity contribution in [1.82, 2.24) is 5.32 Å². The van der Waals surface area contributed by atoms with Crippen molar-refractivity contribution in [3.8, 4) is 0 Å². The van der Waals surface area contributed by atoms with E-state index in [4.69, 9.17) is 11.6 Å². The first-order valence-corrected chi connectivity index (χ1v) is 7.42. The number of nitrogens with one attached hydrogen (secondary N) is 1. The molecule has 0 amide bonds.